The molecule has 0 aliphatic heterocycles. The Morgan fingerprint density at radius 1 is 1.30 bits per heavy atom. The van der Waals surface area contributed by atoms with Gasteiger partial charge in [-0.15, -0.1) is 0 Å². The Hall–Kier alpha value is -1.79. The van der Waals surface area contributed by atoms with Gasteiger partial charge in [0.1, 0.15) is 18.1 Å². The monoisotopic (exact) mass is 295 g/mol. The number of ether oxygens (including phenoxy) is 1. The minimum Gasteiger partial charge on any atom is -0.489 e. The summed E-state index contributed by atoms with van der Waals surface area (Å²) in [5.74, 6) is 1.33. The van der Waals surface area contributed by atoms with Crippen molar-refractivity contribution in [3.63, 3.8) is 0 Å². The van der Waals surface area contributed by atoms with Gasteiger partial charge in [0.2, 0.25) is 0 Å². The zero-order valence-electron chi connectivity index (χ0n) is 11.4. The first-order valence-electron chi connectivity index (χ1n) is 6.13. The number of nitrogens with one attached hydrogen (secondary N) is 1. The molecular weight excluding hydrogens is 278 g/mol. The molecule has 0 aliphatic rings. The number of hydrogen-bond donors (Lipinski definition) is 1. The van der Waals surface area contributed by atoms with E-state index in [1.807, 2.05) is 13.1 Å². The summed E-state index contributed by atoms with van der Waals surface area (Å²) in [6.45, 7) is 0.954. The molecule has 2 aromatic rings. The fourth-order valence-corrected chi connectivity index (χ4v) is 2.42. The zero-order chi connectivity index (χ0) is 14.6. The van der Waals surface area contributed by atoms with Crippen molar-refractivity contribution < 1.29 is 17.6 Å². The molecule has 20 heavy (non-hydrogen) atoms. The van der Waals surface area contributed by atoms with Gasteiger partial charge in [-0.1, -0.05) is 6.07 Å². The molecule has 1 aromatic heterocycles. The molecule has 0 fully saturated rings. The Labute approximate surface area is 118 Å². The molecule has 5 nitrogen and oxygen atoms in total. The standard InChI is InChI=1S/C14H17NO4S/c1-15-9-14-11(6-7-18-14)10-19-12-4-3-5-13(8-12)20(2,16)17/h3-8,15H,9-10H2,1-2H3. The summed E-state index contributed by atoms with van der Waals surface area (Å²) in [6.07, 6.45) is 2.78. The summed E-state index contributed by atoms with van der Waals surface area (Å²) >= 11 is 0. The van der Waals surface area contributed by atoms with Gasteiger partial charge in [0, 0.05) is 11.8 Å². The van der Waals surface area contributed by atoms with Crippen molar-refractivity contribution in [1.29, 1.82) is 0 Å². The van der Waals surface area contributed by atoms with Gasteiger partial charge in [-0.05, 0) is 31.3 Å². The van der Waals surface area contributed by atoms with Gasteiger partial charge in [-0.25, -0.2) is 8.42 Å². The Morgan fingerprint density at radius 3 is 2.80 bits per heavy atom. The van der Waals surface area contributed by atoms with E-state index in [2.05, 4.69) is 5.32 Å². The van der Waals surface area contributed by atoms with Crippen molar-refractivity contribution in [2.75, 3.05) is 13.3 Å². The summed E-state index contributed by atoms with van der Waals surface area (Å²) in [5, 5.41) is 3.01. The zero-order valence-corrected chi connectivity index (χ0v) is 12.2. The van der Waals surface area contributed by atoms with Crippen LogP contribution in [0.4, 0.5) is 0 Å². The van der Waals surface area contributed by atoms with E-state index in [9.17, 15) is 8.42 Å². The predicted octanol–water partition coefficient (Wildman–Crippen LogP) is 1.98. The van der Waals surface area contributed by atoms with Gasteiger partial charge in [-0.2, -0.15) is 0 Å². The van der Waals surface area contributed by atoms with E-state index in [-0.39, 0.29) is 4.90 Å². The van der Waals surface area contributed by atoms with Crippen LogP contribution in [0.1, 0.15) is 11.3 Å². The summed E-state index contributed by atoms with van der Waals surface area (Å²) in [5.41, 5.74) is 0.934. The van der Waals surface area contributed by atoms with Crippen LogP contribution in [0.5, 0.6) is 5.75 Å². The quantitative estimate of drug-likeness (QED) is 0.882. The van der Waals surface area contributed by atoms with E-state index >= 15 is 0 Å². The molecule has 0 atom stereocenters. The Kier molecular flexibility index (Phi) is 4.46. The Balaban J connectivity index is 2.09. The number of rotatable bonds is 6. The number of benzene rings is 1. The fraction of sp³-hybridized carbons (Fsp3) is 0.286. The number of sulfone groups is 1. The maximum absolute atomic E-state index is 11.5. The second kappa shape index (κ2) is 6.11. The second-order valence-corrected chi connectivity index (χ2v) is 6.45. The average Bonchev–Trinajstić information content (AvgIpc) is 2.84. The van der Waals surface area contributed by atoms with Gasteiger partial charge < -0.3 is 14.5 Å². The van der Waals surface area contributed by atoms with Crippen LogP contribution >= 0.6 is 0 Å². The summed E-state index contributed by atoms with van der Waals surface area (Å²) in [6, 6.07) is 8.30. The SMILES string of the molecule is CNCc1occc1COc1cccc(S(C)(=O)=O)c1. The van der Waals surface area contributed by atoms with E-state index in [1.165, 1.54) is 12.3 Å². The van der Waals surface area contributed by atoms with E-state index in [0.717, 1.165) is 11.3 Å². The lowest BCUT2D eigenvalue weighted by Gasteiger charge is -2.07. The van der Waals surface area contributed by atoms with Crippen LogP contribution in [0.3, 0.4) is 0 Å². The van der Waals surface area contributed by atoms with Crippen molar-refractivity contribution in [3.8, 4) is 5.75 Å². The molecule has 0 aliphatic carbocycles. The topological polar surface area (TPSA) is 68.5 Å². The van der Waals surface area contributed by atoms with Crippen LogP contribution in [-0.4, -0.2) is 21.7 Å². The summed E-state index contributed by atoms with van der Waals surface area (Å²) in [7, 11) is -1.39. The van der Waals surface area contributed by atoms with Crippen LogP contribution in [0.15, 0.2) is 45.9 Å². The average molecular weight is 295 g/mol. The van der Waals surface area contributed by atoms with Gasteiger partial charge in [0.15, 0.2) is 9.84 Å². The van der Waals surface area contributed by atoms with Gasteiger partial charge in [0.05, 0.1) is 17.7 Å². The number of furan rings is 1. The van der Waals surface area contributed by atoms with E-state index < -0.39 is 9.84 Å². The lowest BCUT2D eigenvalue weighted by molar-refractivity contribution is 0.301. The second-order valence-electron chi connectivity index (χ2n) is 4.44. The molecule has 108 valence electrons. The van der Waals surface area contributed by atoms with Gasteiger partial charge >= 0.3 is 0 Å². The van der Waals surface area contributed by atoms with Crippen molar-refractivity contribution in [3.05, 3.63) is 47.9 Å². The highest BCUT2D eigenvalue weighted by atomic mass is 32.2. The minimum absolute atomic E-state index is 0.248. The third-order valence-corrected chi connectivity index (χ3v) is 3.91. The molecule has 0 spiro atoms. The van der Waals surface area contributed by atoms with Crippen LogP contribution in [0, 0.1) is 0 Å². The van der Waals surface area contributed by atoms with E-state index in [1.54, 1.807) is 24.5 Å². The van der Waals surface area contributed by atoms with Crippen molar-refractivity contribution >= 4 is 9.84 Å². The van der Waals surface area contributed by atoms with Gasteiger partial charge in [-0.3, -0.25) is 0 Å². The highest BCUT2D eigenvalue weighted by Gasteiger charge is 2.09. The molecule has 0 saturated carbocycles. The first-order chi connectivity index (χ1) is 9.50. The normalized spacial score (nSPS) is 11.5. The van der Waals surface area contributed by atoms with Gasteiger partial charge in [0.25, 0.3) is 0 Å². The minimum atomic E-state index is -3.22. The number of hydrogen-bond acceptors (Lipinski definition) is 5. The molecule has 2 rings (SSSR count). The third kappa shape index (κ3) is 3.61. The first-order valence-corrected chi connectivity index (χ1v) is 8.02. The Morgan fingerprint density at radius 2 is 2.10 bits per heavy atom. The molecule has 0 amide bonds. The highest BCUT2D eigenvalue weighted by Crippen LogP contribution is 2.19. The van der Waals surface area contributed by atoms with Crippen LogP contribution in [0.25, 0.3) is 0 Å². The predicted molar refractivity (Wildman–Crippen MR) is 75.4 cm³/mol. The van der Waals surface area contributed by atoms with Crippen molar-refractivity contribution in [2.45, 2.75) is 18.0 Å². The third-order valence-electron chi connectivity index (χ3n) is 2.80. The van der Waals surface area contributed by atoms with E-state index in [0.29, 0.717) is 18.9 Å². The lowest BCUT2D eigenvalue weighted by atomic mass is 10.2. The smallest absolute Gasteiger partial charge is 0.175 e. The fourth-order valence-electron chi connectivity index (χ4n) is 1.77. The van der Waals surface area contributed by atoms with Crippen molar-refractivity contribution in [2.24, 2.45) is 0 Å². The molecule has 1 aromatic carbocycles. The van der Waals surface area contributed by atoms with Crippen LogP contribution in [-0.2, 0) is 23.0 Å². The van der Waals surface area contributed by atoms with Crippen molar-refractivity contribution in [1.82, 2.24) is 5.32 Å². The summed E-state index contributed by atoms with van der Waals surface area (Å²) < 4.78 is 33.9. The van der Waals surface area contributed by atoms with Crippen LogP contribution in [0.2, 0.25) is 0 Å². The molecule has 0 bridgehead atoms. The largest absolute Gasteiger partial charge is 0.489 e. The van der Waals surface area contributed by atoms with E-state index in [4.69, 9.17) is 9.15 Å². The highest BCUT2D eigenvalue weighted by molar-refractivity contribution is 7.90. The molecule has 0 unspecified atom stereocenters. The maximum atomic E-state index is 11.5. The molecule has 1 heterocycles. The molecule has 0 saturated heterocycles. The molecule has 6 heteroatoms. The molecule has 1 N–H and O–H groups in total. The summed E-state index contributed by atoms with van der Waals surface area (Å²) in [4.78, 5) is 0.248. The molecular formula is C14H17NO4S. The van der Waals surface area contributed by atoms with Crippen LogP contribution < -0.4 is 10.1 Å². The Bertz CT molecular complexity index is 676. The first kappa shape index (κ1) is 14.6. The lowest BCUT2D eigenvalue weighted by Crippen LogP contribution is -2.07. The maximum Gasteiger partial charge on any atom is 0.175 e. The molecule has 0 radical (unpaired) electrons.